The van der Waals surface area contributed by atoms with E-state index in [1.54, 1.807) is 23.7 Å². The minimum absolute atomic E-state index is 0.0247. The number of benzene rings is 2. The Labute approximate surface area is 183 Å². The average molecular weight is 490 g/mol. The maximum atomic E-state index is 13.3. The van der Waals surface area contributed by atoms with Gasteiger partial charge in [0.25, 0.3) is 0 Å². The van der Waals surface area contributed by atoms with E-state index in [1.165, 1.54) is 4.31 Å². The third kappa shape index (κ3) is 3.57. The molecule has 0 fully saturated rings. The number of carboxylic acid groups (broad SMARTS) is 1. The summed E-state index contributed by atoms with van der Waals surface area (Å²) in [4.78, 5) is 12.1. The average Bonchev–Trinajstić information content (AvgIpc) is 3.07. The largest absolute Gasteiger partial charge is 0.476 e. The lowest BCUT2D eigenvalue weighted by Crippen LogP contribution is -2.37. The fourth-order valence-electron chi connectivity index (χ4n) is 3.79. The topological polar surface area (TPSA) is 92.5 Å². The highest BCUT2D eigenvalue weighted by Gasteiger charge is 2.34. The summed E-state index contributed by atoms with van der Waals surface area (Å²) in [7, 11) is -3.76. The maximum absolute atomic E-state index is 13.3. The lowest BCUT2D eigenvalue weighted by atomic mass is 10.1. The van der Waals surface area contributed by atoms with Crippen LogP contribution >= 0.6 is 15.9 Å². The van der Waals surface area contributed by atoms with Crippen LogP contribution in [0.15, 0.2) is 51.8 Å². The van der Waals surface area contributed by atoms with E-state index in [-0.39, 0.29) is 23.7 Å². The summed E-state index contributed by atoms with van der Waals surface area (Å²) in [6.07, 6.45) is 0.371. The highest BCUT2D eigenvalue weighted by molar-refractivity contribution is 9.10. The summed E-state index contributed by atoms with van der Waals surface area (Å²) >= 11 is 3.39. The number of sulfonamides is 1. The monoisotopic (exact) mass is 489 g/mol. The molecule has 0 aliphatic carbocycles. The van der Waals surface area contributed by atoms with Gasteiger partial charge in [-0.05, 0) is 49.7 Å². The number of rotatable bonds is 4. The van der Waals surface area contributed by atoms with Crippen LogP contribution in [0, 0.1) is 13.8 Å². The number of aryl methyl sites for hydroxylation is 2. The SMILES string of the molecule is Cc1ccc(S(=O)(=O)N2CCc3c(c(C(=O)O)nn3-c3ccc(Br)cc3)C2)c(C)c1. The van der Waals surface area contributed by atoms with E-state index in [2.05, 4.69) is 21.0 Å². The zero-order valence-corrected chi connectivity index (χ0v) is 18.9. The van der Waals surface area contributed by atoms with E-state index in [4.69, 9.17) is 0 Å². The lowest BCUT2D eigenvalue weighted by Gasteiger charge is -2.27. The number of halogens is 1. The van der Waals surface area contributed by atoms with Gasteiger partial charge in [-0.25, -0.2) is 17.9 Å². The second-order valence-corrected chi connectivity index (χ2v) is 10.1. The highest BCUT2D eigenvalue weighted by atomic mass is 79.9. The molecular weight excluding hydrogens is 470 g/mol. The number of carboxylic acids is 1. The maximum Gasteiger partial charge on any atom is 0.356 e. The second-order valence-electron chi connectivity index (χ2n) is 7.32. The normalized spacial score (nSPS) is 14.5. The van der Waals surface area contributed by atoms with Crippen LogP contribution < -0.4 is 0 Å². The molecule has 0 radical (unpaired) electrons. The van der Waals surface area contributed by atoms with Gasteiger partial charge in [0.05, 0.1) is 16.3 Å². The van der Waals surface area contributed by atoms with E-state index < -0.39 is 16.0 Å². The van der Waals surface area contributed by atoms with Crippen molar-refractivity contribution < 1.29 is 18.3 Å². The Bertz CT molecular complexity index is 1250. The van der Waals surface area contributed by atoms with Crippen LogP contribution in [-0.2, 0) is 23.0 Å². The molecule has 1 aliphatic rings. The minimum Gasteiger partial charge on any atom is -0.476 e. The molecule has 2 aromatic carbocycles. The van der Waals surface area contributed by atoms with Crippen LogP contribution in [0.5, 0.6) is 0 Å². The molecule has 3 aromatic rings. The number of hydrogen-bond acceptors (Lipinski definition) is 4. The van der Waals surface area contributed by atoms with Gasteiger partial charge in [0.2, 0.25) is 10.0 Å². The summed E-state index contributed by atoms with van der Waals surface area (Å²) in [5.41, 5.74) is 3.43. The first-order chi connectivity index (χ1) is 14.2. The van der Waals surface area contributed by atoms with Crippen molar-refractivity contribution in [2.75, 3.05) is 6.54 Å². The van der Waals surface area contributed by atoms with Crippen LogP contribution in [0.25, 0.3) is 5.69 Å². The summed E-state index contributed by atoms with van der Waals surface area (Å²) in [5, 5.41) is 14.0. The molecule has 7 nitrogen and oxygen atoms in total. The Kier molecular flexibility index (Phi) is 5.29. The fourth-order valence-corrected chi connectivity index (χ4v) is 5.67. The van der Waals surface area contributed by atoms with Gasteiger partial charge in [-0.2, -0.15) is 9.40 Å². The van der Waals surface area contributed by atoms with E-state index in [9.17, 15) is 18.3 Å². The minimum atomic E-state index is -3.76. The third-order valence-electron chi connectivity index (χ3n) is 5.24. The number of aromatic nitrogens is 2. The molecule has 30 heavy (non-hydrogen) atoms. The van der Waals surface area contributed by atoms with Gasteiger partial charge in [-0.15, -0.1) is 0 Å². The van der Waals surface area contributed by atoms with Crippen molar-refractivity contribution in [2.24, 2.45) is 0 Å². The Morgan fingerprint density at radius 2 is 1.83 bits per heavy atom. The Morgan fingerprint density at radius 1 is 1.13 bits per heavy atom. The Balaban J connectivity index is 1.76. The molecule has 4 rings (SSSR count). The number of fused-ring (bicyclic) bond motifs is 1. The molecular formula is C21H20BrN3O4S. The number of aromatic carboxylic acids is 1. The van der Waals surface area contributed by atoms with Crippen molar-refractivity contribution >= 4 is 31.9 Å². The molecule has 0 saturated carbocycles. The number of hydrogen-bond donors (Lipinski definition) is 1. The number of nitrogens with zero attached hydrogens (tertiary/aromatic N) is 3. The Hall–Kier alpha value is -2.49. The molecule has 9 heteroatoms. The first-order valence-corrected chi connectivity index (χ1v) is 11.6. The van der Waals surface area contributed by atoms with Gasteiger partial charge in [-0.1, -0.05) is 33.6 Å². The van der Waals surface area contributed by atoms with Crippen molar-refractivity contribution in [3.63, 3.8) is 0 Å². The van der Waals surface area contributed by atoms with Gasteiger partial charge in [0.15, 0.2) is 5.69 Å². The van der Waals surface area contributed by atoms with E-state index in [0.29, 0.717) is 17.5 Å². The molecule has 0 atom stereocenters. The summed E-state index contributed by atoms with van der Waals surface area (Å²) in [5.74, 6) is -1.17. The lowest BCUT2D eigenvalue weighted by molar-refractivity contribution is 0.0688. The molecule has 1 aromatic heterocycles. The van der Waals surface area contributed by atoms with Crippen LogP contribution in [0.2, 0.25) is 0 Å². The molecule has 1 N–H and O–H groups in total. The van der Waals surface area contributed by atoms with Gasteiger partial charge < -0.3 is 5.11 Å². The van der Waals surface area contributed by atoms with Crippen molar-refractivity contribution in [1.82, 2.24) is 14.1 Å². The van der Waals surface area contributed by atoms with E-state index in [0.717, 1.165) is 21.4 Å². The first-order valence-electron chi connectivity index (χ1n) is 9.36. The van der Waals surface area contributed by atoms with Crippen LogP contribution in [0.3, 0.4) is 0 Å². The quantitative estimate of drug-likeness (QED) is 0.602. The zero-order chi connectivity index (χ0) is 21.6. The molecule has 156 valence electrons. The fraction of sp³-hybridized carbons (Fsp3) is 0.238. The predicted octanol–water partition coefficient (Wildman–Crippen LogP) is 3.70. The van der Waals surface area contributed by atoms with Crippen molar-refractivity contribution in [1.29, 1.82) is 0 Å². The van der Waals surface area contributed by atoms with Crippen LogP contribution in [0.1, 0.15) is 32.9 Å². The molecule has 0 amide bonds. The zero-order valence-electron chi connectivity index (χ0n) is 16.5. The molecule has 0 spiro atoms. The second kappa shape index (κ2) is 7.64. The Morgan fingerprint density at radius 3 is 2.47 bits per heavy atom. The van der Waals surface area contributed by atoms with Crippen LogP contribution in [-0.4, -0.2) is 40.1 Å². The van der Waals surface area contributed by atoms with E-state index in [1.807, 2.05) is 37.3 Å². The standard InChI is InChI=1S/C21H20BrN3O4S/c1-13-3-8-19(14(2)11-13)30(28,29)24-10-9-18-17(12-24)20(21(26)27)23-25(18)16-6-4-15(22)5-7-16/h3-8,11H,9-10,12H2,1-2H3,(H,26,27). The van der Waals surface area contributed by atoms with Crippen molar-refractivity contribution in [2.45, 2.75) is 31.7 Å². The smallest absolute Gasteiger partial charge is 0.356 e. The summed E-state index contributed by atoms with van der Waals surface area (Å²) in [6, 6.07) is 12.6. The molecule has 1 aliphatic heterocycles. The molecule has 0 unspecified atom stereocenters. The molecule has 2 heterocycles. The van der Waals surface area contributed by atoms with Gasteiger partial charge >= 0.3 is 5.97 Å². The number of carbonyl (C=O) groups is 1. The van der Waals surface area contributed by atoms with Gasteiger partial charge in [0, 0.05) is 29.5 Å². The highest BCUT2D eigenvalue weighted by Crippen LogP contribution is 2.30. The summed E-state index contributed by atoms with van der Waals surface area (Å²) in [6.45, 7) is 3.91. The summed E-state index contributed by atoms with van der Waals surface area (Å²) < 4.78 is 30.4. The van der Waals surface area contributed by atoms with Gasteiger partial charge in [0.1, 0.15) is 0 Å². The van der Waals surface area contributed by atoms with Crippen molar-refractivity contribution in [3.05, 3.63) is 75.0 Å². The third-order valence-corrected chi connectivity index (χ3v) is 7.78. The van der Waals surface area contributed by atoms with Gasteiger partial charge in [-0.3, -0.25) is 0 Å². The molecule has 0 bridgehead atoms. The molecule has 0 saturated heterocycles. The van der Waals surface area contributed by atoms with Crippen LogP contribution in [0.4, 0.5) is 0 Å². The first kappa shape index (κ1) is 20.8. The van der Waals surface area contributed by atoms with Crippen molar-refractivity contribution in [3.8, 4) is 5.69 Å². The van der Waals surface area contributed by atoms with E-state index >= 15 is 0 Å². The predicted molar refractivity (Wildman–Crippen MR) is 115 cm³/mol.